The third-order valence-corrected chi connectivity index (χ3v) is 4.27. The minimum atomic E-state index is -0.456. The van der Waals surface area contributed by atoms with Crippen molar-refractivity contribution < 1.29 is 14.3 Å². The van der Waals surface area contributed by atoms with Crippen molar-refractivity contribution >= 4 is 23.5 Å². The fraction of sp³-hybridized carbons (Fsp3) is 0.500. The second kappa shape index (κ2) is 8.06. The second-order valence-corrected chi connectivity index (χ2v) is 5.86. The summed E-state index contributed by atoms with van der Waals surface area (Å²) < 4.78 is 5.11. The molecular formula is C16H22ClN3O3. The summed E-state index contributed by atoms with van der Waals surface area (Å²) in [5, 5.41) is 6.25. The molecule has 1 heterocycles. The molecule has 1 atom stereocenters. The fourth-order valence-corrected chi connectivity index (χ4v) is 2.75. The van der Waals surface area contributed by atoms with E-state index in [9.17, 15) is 9.59 Å². The molecule has 0 spiro atoms. The summed E-state index contributed by atoms with van der Waals surface area (Å²) >= 11 is 6.18. The number of benzene rings is 1. The van der Waals surface area contributed by atoms with E-state index in [-0.39, 0.29) is 11.9 Å². The first-order chi connectivity index (χ1) is 11.0. The molecule has 0 saturated carbocycles. The van der Waals surface area contributed by atoms with Gasteiger partial charge in [0, 0.05) is 24.7 Å². The van der Waals surface area contributed by atoms with Crippen LogP contribution in [0.1, 0.15) is 18.9 Å². The van der Waals surface area contributed by atoms with Crippen molar-refractivity contribution in [1.29, 1.82) is 0 Å². The summed E-state index contributed by atoms with van der Waals surface area (Å²) in [7, 11) is 1.59. The molecule has 3 amide bonds. The molecule has 1 aliphatic rings. The molecule has 2 rings (SSSR count). The summed E-state index contributed by atoms with van der Waals surface area (Å²) in [6.07, 6.45) is 1.37. The van der Waals surface area contributed by atoms with Crippen molar-refractivity contribution in [3.63, 3.8) is 0 Å². The SMILES string of the molecule is COc1ccc(CCNC(=O)N2CCCNC(=O)[C@H]2C)c(Cl)c1. The number of ether oxygens (including phenoxy) is 1. The lowest BCUT2D eigenvalue weighted by Crippen LogP contribution is -2.49. The highest BCUT2D eigenvalue weighted by molar-refractivity contribution is 6.31. The van der Waals surface area contributed by atoms with Gasteiger partial charge in [-0.25, -0.2) is 4.79 Å². The number of rotatable bonds is 4. The number of hydrogen-bond donors (Lipinski definition) is 2. The molecule has 0 aromatic heterocycles. The van der Waals surface area contributed by atoms with Crippen LogP contribution in [0.25, 0.3) is 0 Å². The molecule has 1 fully saturated rings. The lowest BCUT2D eigenvalue weighted by molar-refractivity contribution is -0.124. The Morgan fingerprint density at radius 3 is 3.00 bits per heavy atom. The van der Waals surface area contributed by atoms with E-state index < -0.39 is 6.04 Å². The van der Waals surface area contributed by atoms with Crippen LogP contribution in [-0.4, -0.2) is 49.6 Å². The van der Waals surface area contributed by atoms with Crippen LogP contribution in [0.15, 0.2) is 18.2 Å². The van der Waals surface area contributed by atoms with E-state index in [0.29, 0.717) is 36.8 Å². The number of amides is 3. The standard InChI is InChI=1S/C16H22ClN3O3/c1-11-15(21)18-7-3-9-20(11)16(22)19-8-6-12-4-5-13(23-2)10-14(12)17/h4-5,10-11H,3,6-9H2,1-2H3,(H,18,21)(H,19,22)/t11-/m1/s1. The van der Waals surface area contributed by atoms with Gasteiger partial charge in [0.05, 0.1) is 7.11 Å². The van der Waals surface area contributed by atoms with Crippen molar-refractivity contribution in [3.8, 4) is 5.75 Å². The highest BCUT2D eigenvalue weighted by Gasteiger charge is 2.27. The van der Waals surface area contributed by atoms with E-state index >= 15 is 0 Å². The van der Waals surface area contributed by atoms with Crippen molar-refractivity contribution in [2.24, 2.45) is 0 Å². The van der Waals surface area contributed by atoms with Gasteiger partial charge in [0.2, 0.25) is 5.91 Å². The largest absolute Gasteiger partial charge is 0.497 e. The summed E-state index contributed by atoms with van der Waals surface area (Å²) in [6, 6.07) is 4.79. The van der Waals surface area contributed by atoms with E-state index in [1.165, 1.54) is 0 Å². The summed E-state index contributed by atoms with van der Waals surface area (Å²) in [5.41, 5.74) is 0.939. The molecular weight excluding hydrogens is 318 g/mol. The van der Waals surface area contributed by atoms with E-state index in [2.05, 4.69) is 10.6 Å². The first-order valence-corrected chi connectivity index (χ1v) is 8.05. The van der Waals surface area contributed by atoms with Gasteiger partial charge in [-0.1, -0.05) is 17.7 Å². The highest BCUT2D eigenvalue weighted by atomic mass is 35.5. The van der Waals surface area contributed by atoms with Crippen LogP contribution in [0, 0.1) is 0 Å². The number of urea groups is 1. The molecule has 126 valence electrons. The average molecular weight is 340 g/mol. The molecule has 23 heavy (non-hydrogen) atoms. The number of carbonyl (C=O) groups excluding carboxylic acids is 2. The Balaban J connectivity index is 1.88. The van der Waals surface area contributed by atoms with Crippen LogP contribution >= 0.6 is 11.6 Å². The van der Waals surface area contributed by atoms with Crippen LogP contribution in [0.5, 0.6) is 5.75 Å². The van der Waals surface area contributed by atoms with Crippen LogP contribution in [0.3, 0.4) is 0 Å². The zero-order valence-corrected chi connectivity index (χ0v) is 14.2. The molecule has 1 saturated heterocycles. The predicted molar refractivity (Wildman–Crippen MR) is 88.9 cm³/mol. The lowest BCUT2D eigenvalue weighted by atomic mass is 10.1. The maximum absolute atomic E-state index is 12.3. The van der Waals surface area contributed by atoms with Gasteiger partial charge in [-0.15, -0.1) is 0 Å². The molecule has 0 unspecified atom stereocenters. The van der Waals surface area contributed by atoms with E-state index in [0.717, 1.165) is 12.0 Å². The number of carbonyl (C=O) groups is 2. The molecule has 7 heteroatoms. The summed E-state index contributed by atoms with van der Waals surface area (Å²) in [6.45, 7) is 3.36. The van der Waals surface area contributed by atoms with Crippen molar-refractivity contribution in [2.75, 3.05) is 26.7 Å². The quantitative estimate of drug-likeness (QED) is 0.879. The van der Waals surface area contributed by atoms with Gasteiger partial charge in [0.15, 0.2) is 0 Å². The third kappa shape index (κ3) is 4.51. The molecule has 0 bridgehead atoms. The third-order valence-electron chi connectivity index (χ3n) is 3.91. The molecule has 6 nitrogen and oxygen atoms in total. The topological polar surface area (TPSA) is 70.7 Å². The second-order valence-electron chi connectivity index (χ2n) is 5.45. The van der Waals surface area contributed by atoms with Gasteiger partial charge >= 0.3 is 6.03 Å². The zero-order chi connectivity index (χ0) is 16.8. The van der Waals surface area contributed by atoms with E-state index in [4.69, 9.17) is 16.3 Å². The van der Waals surface area contributed by atoms with Crippen LogP contribution < -0.4 is 15.4 Å². The number of halogens is 1. The smallest absolute Gasteiger partial charge is 0.318 e. The van der Waals surface area contributed by atoms with Gasteiger partial charge in [0.25, 0.3) is 0 Å². The summed E-state index contributed by atoms with van der Waals surface area (Å²) in [5.74, 6) is 0.586. The highest BCUT2D eigenvalue weighted by Crippen LogP contribution is 2.22. The van der Waals surface area contributed by atoms with Crippen LogP contribution in [0.4, 0.5) is 4.79 Å². The number of methoxy groups -OCH3 is 1. The molecule has 1 aromatic rings. The summed E-state index contributed by atoms with van der Waals surface area (Å²) in [4.78, 5) is 25.6. The van der Waals surface area contributed by atoms with Gasteiger partial charge in [-0.05, 0) is 37.5 Å². The molecule has 2 N–H and O–H groups in total. The Hall–Kier alpha value is -1.95. The predicted octanol–water partition coefficient (Wildman–Crippen LogP) is 1.81. The van der Waals surface area contributed by atoms with E-state index in [1.54, 1.807) is 25.0 Å². The molecule has 0 aliphatic carbocycles. The fourth-order valence-electron chi connectivity index (χ4n) is 2.48. The first-order valence-electron chi connectivity index (χ1n) is 7.67. The van der Waals surface area contributed by atoms with Gasteiger partial charge in [0.1, 0.15) is 11.8 Å². The molecule has 1 aromatic carbocycles. The van der Waals surface area contributed by atoms with Crippen LogP contribution in [0.2, 0.25) is 5.02 Å². The zero-order valence-electron chi connectivity index (χ0n) is 13.4. The Morgan fingerprint density at radius 1 is 1.52 bits per heavy atom. The van der Waals surface area contributed by atoms with Crippen molar-refractivity contribution in [2.45, 2.75) is 25.8 Å². The monoisotopic (exact) mass is 339 g/mol. The van der Waals surface area contributed by atoms with Gasteiger partial charge in [-0.2, -0.15) is 0 Å². The van der Waals surface area contributed by atoms with Crippen molar-refractivity contribution in [3.05, 3.63) is 28.8 Å². The van der Waals surface area contributed by atoms with E-state index in [1.807, 2.05) is 12.1 Å². The minimum Gasteiger partial charge on any atom is -0.497 e. The Labute approximate surface area is 141 Å². The Bertz CT molecular complexity index is 580. The van der Waals surface area contributed by atoms with Crippen molar-refractivity contribution in [1.82, 2.24) is 15.5 Å². The number of nitrogens with zero attached hydrogens (tertiary/aromatic N) is 1. The number of nitrogens with one attached hydrogen (secondary N) is 2. The van der Waals surface area contributed by atoms with Gasteiger partial charge in [-0.3, -0.25) is 4.79 Å². The maximum atomic E-state index is 12.3. The van der Waals surface area contributed by atoms with Crippen LogP contribution in [-0.2, 0) is 11.2 Å². The normalized spacial score (nSPS) is 18.1. The first kappa shape index (κ1) is 17.4. The average Bonchev–Trinajstić information content (AvgIpc) is 2.71. The molecule has 0 radical (unpaired) electrons. The van der Waals surface area contributed by atoms with Gasteiger partial charge < -0.3 is 20.3 Å². The maximum Gasteiger partial charge on any atom is 0.318 e. The Kier molecular flexibility index (Phi) is 6.10. The number of hydrogen-bond acceptors (Lipinski definition) is 3. The minimum absolute atomic E-state index is 0.115. The Morgan fingerprint density at radius 2 is 2.30 bits per heavy atom. The molecule has 1 aliphatic heterocycles. The lowest BCUT2D eigenvalue weighted by Gasteiger charge is -2.25.